The van der Waals surface area contributed by atoms with Gasteiger partial charge in [-0.1, -0.05) is 12.1 Å². The molecule has 0 unspecified atom stereocenters. The van der Waals surface area contributed by atoms with Crippen LogP contribution in [0.2, 0.25) is 0 Å². The number of hydrogen-bond donors (Lipinski definition) is 1. The molecule has 0 saturated heterocycles. The summed E-state index contributed by atoms with van der Waals surface area (Å²) in [6, 6.07) is 11.2. The molecule has 0 bridgehead atoms. The third-order valence-corrected chi connectivity index (χ3v) is 3.21. The van der Waals surface area contributed by atoms with Crippen molar-refractivity contribution < 1.29 is 9.53 Å². The summed E-state index contributed by atoms with van der Waals surface area (Å²) in [5.74, 6) is 1.14. The predicted octanol–water partition coefficient (Wildman–Crippen LogP) is 2.79. The molecule has 1 aliphatic heterocycles. The summed E-state index contributed by atoms with van der Waals surface area (Å²) >= 11 is 0. The van der Waals surface area contributed by atoms with Crippen molar-refractivity contribution in [3.8, 4) is 5.75 Å². The number of aliphatic imine (C=N–C) groups is 1. The van der Waals surface area contributed by atoms with E-state index in [1.807, 2.05) is 38.1 Å². The van der Waals surface area contributed by atoms with Gasteiger partial charge >= 0.3 is 0 Å². The maximum atomic E-state index is 12.0. The first-order valence-corrected chi connectivity index (χ1v) is 7.40. The van der Waals surface area contributed by atoms with E-state index in [-0.39, 0.29) is 12.0 Å². The summed E-state index contributed by atoms with van der Waals surface area (Å²) < 4.78 is 5.60. The highest BCUT2D eigenvalue weighted by Gasteiger charge is 2.20. The van der Waals surface area contributed by atoms with Gasteiger partial charge in [0.2, 0.25) is 0 Å². The van der Waals surface area contributed by atoms with Gasteiger partial charge in [-0.15, -0.1) is 0 Å². The second kappa shape index (κ2) is 6.44. The zero-order valence-electron chi connectivity index (χ0n) is 13.0. The van der Waals surface area contributed by atoms with Gasteiger partial charge in [-0.3, -0.25) is 9.78 Å². The van der Waals surface area contributed by atoms with E-state index in [4.69, 9.17) is 4.74 Å². The third-order valence-electron chi connectivity index (χ3n) is 3.21. The predicted molar refractivity (Wildman–Crippen MR) is 89.1 cm³/mol. The van der Waals surface area contributed by atoms with Crippen LogP contribution in [0, 0.1) is 0 Å². The minimum atomic E-state index is -0.209. The van der Waals surface area contributed by atoms with Crippen LogP contribution >= 0.6 is 0 Å². The van der Waals surface area contributed by atoms with Crippen LogP contribution in [0.15, 0.2) is 59.5 Å². The highest BCUT2D eigenvalue weighted by molar-refractivity contribution is 6.19. The normalized spacial score (nSPS) is 15.7. The van der Waals surface area contributed by atoms with Crippen LogP contribution in [0.3, 0.4) is 0 Å². The fraction of sp³-hybridized carbons (Fsp3) is 0.167. The summed E-state index contributed by atoms with van der Waals surface area (Å²) in [6.07, 6.45) is 5.22. The van der Waals surface area contributed by atoms with Crippen molar-refractivity contribution in [2.45, 2.75) is 20.0 Å². The number of rotatable bonds is 4. The lowest BCUT2D eigenvalue weighted by atomic mass is 10.2. The number of amides is 1. The van der Waals surface area contributed by atoms with E-state index in [1.165, 1.54) is 0 Å². The Labute approximate surface area is 134 Å². The molecule has 1 aromatic heterocycles. The molecule has 5 nitrogen and oxygen atoms in total. The minimum absolute atomic E-state index is 0.132. The van der Waals surface area contributed by atoms with E-state index in [1.54, 1.807) is 30.6 Å². The van der Waals surface area contributed by atoms with Crippen molar-refractivity contribution in [1.29, 1.82) is 0 Å². The van der Waals surface area contributed by atoms with Crippen LogP contribution in [-0.4, -0.2) is 22.8 Å². The van der Waals surface area contributed by atoms with Crippen LogP contribution in [0.25, 0.3) is 6.08 Å². The van der Waals surface area contributed by atoms with Crippen LogP contribution in [0.5, 0.6) is 5.75 Å². The summed E-state index contributed by atoms with van der Waals surface area (Å²) in [7, 11) is 0. The molecule has 2 aromatic rings. The number of amidine groups is 1. The molecular weight excluding hydrogens is 290 g/mol. The maximum absolute atomic E-state index is 12.0. The van der Waals surface area contributed by atoms with Gasteiger partial charge < -0.3 is 10.1 Å². The number of aromatic nitrogens is 1. The molecule has 116 valence electrons. The Morgan fingerprint density at radius 3 is 2.43 bits per heavy atom. The quantitative estimate of drug-likeness (QED) is 0.883. The molecule has 0 atom stereocenters. The summed E-state index contributed by atoms with van der Waals surface area (Å²) in [5.41, 5.74) is 2.11. The molecule has 0 fully saturated rings. The molecule has 0 aliphatic carbocycles. The Hall–Kier alpha value is -2.95. The van der Waals surface area contributed by atoms with Crippen molar-refractivity contribution in [1.82, 2.24) is 10.3 Å². The first-order chi connectivity index (χ1) is 11.1. The first kappa shape index (κ1) is 15.0. The lowest BCUT2D eigenvalue weighted by Crippen LogP contribution is -2.24. The Morgan fingerprint density at radius 1 is 1.09 bits per heavy atom. The fourth-order valence-corrected chi connectivity index (χ4v) is 2.19. The smallest absolute Gasteiger partial charge is 0.275 e. The molecule has 5 heteroatoms. The molecule has 3 rings (SSSR count). The van der Waals surface area contributed by atoms with E-state index >= 15 is 0 Å². The molecule has 1 amide bonds. The van der Waals surface area contributed by atoms with Gasteiger partial charge in [-0.05, 0) is 49.8 Å². The SMILES string of the molecule is CC(C)Oc1ccc(/C=C2/N=C(c3ccncc3)NC2=O)cc1. The van der Waals surface area contributed by atoms with E-state index < -0.39 is 0 Å². The van der Waals surface area contributed by atoms with Crippen molar-refractivity contribution in [3.63, 3.8) is 0 Å². The number of nitrogens with zero attached hydrogens (tertiary/aromatic N) is 2. The number of carbonyl (C=O) groups is 1. The number of nitrogens with one attached hydrogen (secondary N) is 1. The molecule has 1 aromatic carbocycles. The summed E-state index contributed by atoms with van der Waals surface area (Å²) in [5, 5.41) is 2.77. The Bertz CT molecular complexity index is 763. The van der Waals surface area contributed by atoms with Crippen LogP contribution in [0.1, 0.15) is 25.0 Å². The number of carbonyl (C=O) groups excluding carboxylic acids is 1. The third kappa shape index (κ3) is 3.63. The van der Waals surface area contributed by atoms with Gasteiger partial charge in [0, 0.05) is 18.0 Å². The van der Waals surface area contributed by atoms with Crippen LogP contribution < -0.4 is 10.1 Å². The van der Waals surface area contributed by atoms with Crippen molar-refractivity contribution in [2.24, 2.45) is 4.99 Å². The molecule has 1 aliphatic rings. The van der Waals surface area contributed by atoms with Crippen LogP contribution in [-0.2, 0) is 4.79 Å². The number of ether oxygens (including phenoxy) is 1. The average Bonchev–Trinajstić information content (AvgIpc) is 2.91. The van der Waals surface area contributed by atoms with Gasteiger partial charge in [-0.2, -0.15) is 0 Å². The molecule has 1 N–H and O–H groups in total. The zero-order valence-corrected chi connectivity index (χ0v) is 13.0. The van der Waals surface area contributed by atoms with Crippen molar-refractivity contribution in [3.05, 3.63) is 65.6 Å². The number of pyridine rings is 1. The minimum Gasteiger partial charge on any atom is -0.491 e. The van der Waals surface area contributed by atoms with Gasteiger partial charge in [0.05, 0.1) is 6.10 Å². The molecular formula is C18H17N3O2. The lowest BCUT2D eigenvalue weighted by molar-refractivity contribution is -0.115. The van der Waals surface area contributed by atoms with Gasteiger partial charge in [0.1, 0.15) is 17.3 Å². The molecule has 0 saturated carbocycles. The molecule has 0 spiro atoms. The fourth-order valence-electron chi connectivity index (χ4n) is 2.19. The monoisotopic (exact) mass is 307 g/mol. The van der Waals surface area contributed by atoms with E-state index in [0.29, 0.717) is 11.5 Å². The van der Waals surface area contributed by atoms with Gasteiger partial charge in [0.25, 0.3) is 5.91 Å². The highest BCUT2D eigenvalue weighted by Crippen LogP contribution is 2.18. The Balaban J connectivity index is 1.82. The second-order valence-corrected chi connectivity index (χ2v) is 5.42. The molecule has 0 radical (unpaired) electrons. The lowest BCUT2D eigenvalue weighted by Gasteiger charge is -2.09. The summed E-state index contributed by atoms with van der Waals surface area (Å²) in [4.78, 5) is 20.4. The van der Waals surface area contributed by atoms with Crippen LogP contribution in [0.4, 0.5) is 0 Å². The van der Waals surface area contributed by atoms with Crippen molar-refractivity contribution in [2.75, 3.05) is 0 Å². The molecule has 23 heavy (non-hydrogen) atoms. The van der Waals surface area contributed by atoms with E-state index in [9.17, 15) is 4.79 Å². The van der Waals surface area contributed by atoms with E-state index in [2.05, 4.69) is 15.3 Å². The summed E-state index contributed by atoms with van der Waals surface area (Å²) in [6.45, 7) is 3.96. The van der Waals surface area contributed by atoms with Crippen molar-refractivity contribution >= 4 is 17.8 Å². The number of hydrogen-bond acceptors (Lipinski definition) is 4. The standard InChI is InChI=1S/C18H17N3O2/c1-12(2)23-15-5-3-13(4-6-15)11-16-18(22)21-17(20-16)14-7-9-19-10-8-14/h3-12H,1-2H3,(H,20,21,22)/b16-11+. The second-order valence-electron chi connectivity index (χ2n) is 5.42. The van der Waals surface area contributed by atoms with E-state index in [0.717, 1.165) is 16.9 Å². The first-order valence-electron chi connectivity index (χ1n) is 7.40. The Morgan fingerprint density at radius 2 is 1.78 bits per heavy atom. The average molecular weight is 307 g/mol. The highest BCUT2D eigenvalue weighted by atomic mass is 16.5. The molecule has 2 heterocycles. The largest absolute Gasteiger partial charge is 0.491 e. The topological polar surface area (TPSA) is 63.6 Å². The zero-order chi connectivity index (χ0) is 16.2. The Kier molecular flexibility index (Phi) is 4.19. The maximum Gasteiger partial charge on any atom is 0.275 e. The number of benzene rings is 1. The van der Waals surface area contributed by atoms with Gasteiger partial charge in [-0.25, -0.2) is 4.99 Å². The van der Waals surface area contributed by atoms with Gasteiger partial charge in [0.15, 0.2) is 0 Å².